The highest BCUT2D eigenvalue weighted by Gasteiger charge is 2.33. The highest BCUT2D eigenvalue weighted by Crippen LogP contribution is 2.28. The summed E-state index contributed by atoms with van der Waals surface area (Å²) < 4.78 is 6.04. The summed E-state index contributed by atoms with van der Waals surface area (Å²) in [6.45, 7) is 8.86. The number of imidazole rings is 1. The van der Waals surface area contributed by atoms with Crippen LogP contribution in [0.5, 0.6) is 5.75 Å². The van der Waals surface area contributed by atoms with Crippen LogP contribution in [0, 0.1) is 5.92 Å². The summed E-state index contributed by atoms with van der Waals surface area (Å²) in [5.41, 5.74) is 3.18. The third kappa shape index (κ3) is 9.49. The van der Waals surface area contributed by atoms with Crippen molar-refractivity contribution in [1.82, 2.24) is 25.1 Å². The van der Waals surface area contributed by atoms with Crippen molar-refractivity contribution in [3.63, 3.8) is 0 Å². The first-order valence-corrected chi connectivity index (χ1v) is 16.8. The summed E-state index contributed by atoms with van der Waals surface area (Å²) in [5.74, 6) is 1.44. The maximum atomic E-state index is 13.9. The Morgan fingerprint density at radius 3 is 2.31 bits per heavy atom. The van der Waals surface area contributed by atoms with E-state index in [0.717, 1.165) is 81.6 Å². The number of amides is 3. The molecule has 2 aliphatic rings. The Kier molecular flexibility index (Phi) is 11.8. The SMILES string of the molecule is CC(C)CCN(c1ccc(OCc2ccccc2)cc1)C1CCN(C(=O)C(Cc2cnc[nH]2)NC(=O)N2CCCCCC2)CC1. The molecule has 5 rings (SSSR count). The smallest absolute Gasteiger partial charge is 0.318 e. The predicted octanol–water partition coefficient (Wildman–Crippen LogP) is 6.03. The van der Waals surface area contributed by atoms with Crippen LogP contribution in [0.15, 0.2) is 67.1 Å². The van der Waals surface area contributed by atoms with Gasteiger partial charge in [0.25, 0.3) is 0 Å². The van der Waals surface area contributed by atoms with Crippen LogP contribution in [-0.4, -0.2) is 76.5 Å². The zero-order valence-electron chi connectivity index (χ0n) is 27.0. The highest BCUT2D eigenvalue weighted by atomic mass is 16.5. The number of piperidine rings is 1. The van der Waals surface area contributed by atoms with Crippen molar-refractivity contribution < 1.29 is 14.3 Å². The molecule has 0 bridgehead atoms. The molecule has 2 fully saturated rings. The number of rotatable bonds is 12. The zero-order valence-corrected chi connectivity index (χ0v) is 27.0. The molecule has 2 N–H and O–H groups in total. The van der Waals surface area contributed by atoms with Crippen LogP contribution in [-0.2, 0) is 17.8 Å². The second kappa shape index (κ2) is 16.3. The minimum Gasteiger partial charge on any atom is -0.489 e. The topological polar surface area (TPSA) is 93.8 Å². The Morgan fingerprint density at radius 1 is 0.956 bits per heavy atom. The van der Waals surface area contributed by atoms with Gasteiger partial charge in [0.2, 0.25) is 5.91 Å². The lowest BCUT2D eigenvalue weighted by Crippen LogP contribution is -2.56. The number of H-pyrrole nitrogens is 1. The van der Waals surface area contributed by atoms with E-state index in [2.05, 4.69) is 70.4 Å². The number of aromatic amines is 1. The van der Waals surface area contributed by atoms with E-state index in [-0.39, 0.29) is 11.9 Å². The minimum absolute atomic E-state index is 0.0140. The number of carbonyl (C=O) groups is 2. The second-order valence-corrected chi connectivity index (χ2v) is 12.9. The van der Waals surface area contributed by atoms with Gasteiger partial charge in [0, 0.05) is 62.8 Å². The number of benzene rings is 2. The molecule has 2 aliphatic heterocycles. The standard InChI is InChI=1S/C36H50N6O3/c1-28(2)16-23-42(31-12-14-33(15-13-31)45-26-29-10-6-5-7-11-29)32-17-21-40(22-18-32)35(43)34(24-30-25-37-27-38-30)39-36(44)41-19-8-3-4-9-20-41/h5-7,10-15,25,27-28,32,34H,3-4,8-9,16-24,26H2,1-2H3,(H,37,38)(H,39,44). The number of likely N-dealkylation sites (tertiary alicyclic amines) is 2. The van der Waals surface area contributed by atoms with Crippen LogP contribution in [0.2, 0.25) is 0 Å². The number of nitrogens with zero attached hydrogens (tertiary/aromatic N) is 4. The number of nitrogens with one attached hydrogen (secondary N) is 2. The molecular weight excluding hydrogens is 564 g/mol. The number of anilines is 1. The van der Waals surface area contributed by atoms with Gasteiger partial charge < -0.3 is 29.7 Å². The average Bonchev–Trinajstić information content (AvgIpc) is 3.43. The van der Waals surface area contributed by atoms with Crippen molar-refractivity contribution in [2.24, 2.45) is 5.92 Å². The highest BCUT2D eigenvalue weighted by molar-refractivity contribution is 5.87. The van der Waals surface area contributed by atoms with E-state index >= 15 is 0 Å². The van der Waals surface area contributed by atoms with E-state index in [4.69, 9.17) is 4.74 Å². The quantitative estimate of drug-likeness (QED) is 0.260. The van der Waals surface area contributed by atoms with Crippen molar-refractivity contribution in [3.05, 3.63) is 78.4 Å². The summed E-state index contributed by atoms with van der Waals surface area (Å²) in [7, 11) is 0. The molecule has 1 atom stereocenters. The first-order valence-electron chi connectivity index (χ1n) is 16.8. The molecule has 0 radical (unpaired) electrons. The second-order valence-electron chi connectivity index (χ2n) is 12.9. The van der Waals surface area contributed by atoms with Gasteiger partial charge in [-0.05, 0) is 67.9 Å². The van der Waals surface area contributed by atoms with Crippen LogP contribution in [0.4, 0.5) is 10.5 Å². The van der Waals surface area contributed by atoms with Gasteiger partial charge in [-0.1, -0.05) is 57.0 Å². The van der Waals surface area contributed by atoms with Gasteiger partial charge in [0.15, 0.2) is 0 Å². The molecular formula is C36H50N6O3. The third-order valence-electron chi connectivity index (χ3n) is 9.05. The lowest BCUT2D eigenvalue weighted by atomic mass is 9.99. The monoisotopic (exact) mass is 614 g/mol. The van der Waals surface area contributed by atoms with Crippen LogP contribution < -0.4 is 15.0 Å². The molecule has 1 aromatic heterocycles. The molecule has 0 saturated carbocycles. The summed E-state index contributed by atoms with van der Waals surface area (Å²) in [5, 5.41) is 3.09. The molecule has 3 aromatic rings. The van der Waals surface area contributed by atoms with Gasteiger partial charge in [0.05, 0.1) is 6.33 Å². The van der Waals surface area contributed by atoms with Gasteiger partial charge in [-0.15, -0.1) is 0 Å². The maximum absolute atomic E-state index is 13.9. The minimum atomic E-state index is -0.627. The summed E-state index contributed by atoms with van der Waals surface area (Å²) in [6, 6.07) is 18.2. The Labute approximate surface area is 268 Å². The number of aromatic nitrogens is 2. The van der Waals surface area contributed by atoms with Crippen molar-refractivity contribution in [3.8, 4) is 5.75 Å². The average molecular weight is 615 g/mol. The molecule has 0 aliphatic carbocycles. The summed E-state index contributed by atoms with van der Waals surface area (Å²) in [4.78, 5) is 40.7. The van der Waals surface area contributed by atoms with Gasteiger partial charge in [-0.3, -0.25) is 4.79 Å². The Balaban J connectivity index is 1.21. The van der Waals surface area contributed by atoms with Crippen LogP contribution in [0.3, 0.4) is 0 Å². The number of ether oxygens (including phenoxy) is 1. The first kappa shape index (κ1) is 32.4. The van der Waals surface area contributed by atoms with Crippen molar-refractivity contribution >= 4 is 17.6 Å². The fourth-order valence-corrected chi connectivity index (χ4v) is 6.34. The van der Waals surface area contributed by atoms with Gasteiger partial charge >= 0.3 is 6.03 Å². The zero-order chi connectivity index (χ0) is 31.4. The molecule has 2 saturated heterocycles. The lowest BCUT2D eigenvalue weighted by Gasteiger charge is -2.41. The third-order valence-corrected chi connectivity index (χ3v) is 9.05. The molecule has 9 heteroatoms. The fraction of sp³-hybridized carbons (Fsp3) is 0.528. The van der Waals surface area contributed by atoms with E-state index in [1.165, 1.54) is 5.69 Å². The Hall–Kier alpha value is -4.01. The number of hydrogen-bond donors (Lipinski definition) is 2. The van der Waals surface area contributed by atoms with E-state index in [1.807, 2.05) is 28.0 Å². The first-order chi connectivity index (χ1) is 22.0. The van der Waals surface area contributed by atoms with E-state index in [9.17, 15) is 9.59 Å². The van der Waals surface area contributed by atoms with Crippen LogP contribution in [0.25, 0.3) is 0 Å². The van der Waals surface area contributed by atoms with Gasteiger partial charge in [-0.2, -0.15) is 0 Å². The molecule has 3 amide bonds. The van der Waals surface area contributed by atoms with Crippen molar-refractivity contribution in [1.29, 1.82) is 0 Å². The largest absolute Gasteiger partial charge is 0.489 e. The van der Waals surface area contributed by atoms with E-state index in [0.29, 0.717) is 38.1 Å². The van der Waals surface area contributed by atoms with Gasteiger partial charge in [0.1, 0.15) is 18.4 Å². The maximum Gasteiger partial charge on any atom is 0.318 e. The Morgan fingerprint density at radius 2 is 1.67 bits per heavy atom. The molecule has 0 spiro atoms. The molecule has 2 aromatic carbocycles. The molecule has 3 heterocycles. The van der Waals surface area contributed by atoms with E-state index < -0.39 is 6.04 Å². The number of urea groups is 1. The van der Waals surface area contributed by atoms with E-state index in [1.54, 1.807) is 12.5 Å². The summed E-state index contributed by atoms with van der Waals surface area (Å²) in [6.07, 6.45) is 10.9. The van der Waals surface area contributed by atoms with Crippen LogP contribution in [0.1, 0.15) is 70.1 Å². The van der Waals surface area contributed by atoms with Crippen LogP contribution >= 0.6 is 0 Å². The molecule has 9 nitrogen and oxygen atoms in total. The molecule has 242 valence electrons. The fourth-order valence-electron chi connectivity index (χ4n) is 6.34. The lowest BCUT2D eigenvalue weighted by molar-refractivity contribution is -0.134. The number of carbonyl (C=O) groups excluding carboxylic acids is 2. The summed E-state index contributed by atoms with van der Waals surface area (Å²) >= 11 is 0. The van der Waals surface area contributed by atoms with Crippen molar-refractivity contribution in [2.75, 3.05) is 37.6 Å². The van der Waals surface area contributed by atoms with Crippen molar-refractivity contribution in [2.45, 2.75) is 83.9 Å². The van der Waals surface area contributed by atoms with Gasteiger partial charge in [-0.25, -0.2) is 9.78 Å². The number of hydrogen-bond acceptors (Lipinski definition) is 5. The molecule has 45 heavy (non-hydrogen) atoms. The predicted molar refractivity (Wildman–Crippen MR) is 178 cm³/mol. The normalized spacial score (nSPS) is 16.7. The Bertz CT molecular complexity index is 1300. The molecule has 1 unspecified atom stereocenters.